The van der Waals surface area contributed by atoms with Crippen LogP contribution >= 0.6 is 0 Å². The van der Waals surface area contributed by atoms with E-state index in [1.807, 2.05) is 18.3 Å². The standard InChI is InChI=1S/C21H23N3O/c25-21(11-14-24-13-10-16-5-1-4-8-20(16)24)22-12-9-17-15-23-19-7-3-2-6-18(17)19/h1-8,15,23H,9-14H2,(H,22,25). The molecule has 25 heavy (non-hydrogen) atoms. The van der Waals surface area contributed by atoms with E-state index in [1.54, 1.807) is 0 Å². The number of fused-ring (bicyclic) bond motifs is 2. The SMILES string of the molecule is O=C(CCN1CCc2ccccc21)NCCc1c[nH]c2ccccc12. The molecule has 0 atom stereocenters. The summed E-state index contributed by atoms with van der Waals surface area (Å²) in [7, 11) is 0. The maximum Gasteiger partial charge on any atom is 0.221 e. The molecule has 0 unspecified atom stereocenters. The van der Waals surface area contributed by atoms with Gasteiger partial charge in [-0.3, -0.25) is 4.79 Å². The third-order valence-electron chi connectivity index (χ3n) is 4.98. The predicted molar refractivity (Wildman–Crippen MR) is 102 cm³/mol. The Morgan fingerprint density at radius 2 is 1.96 bits per heavy atom. The molecule has 0 bridgehead atoms. The van der Waals surface area contributed by atoms with Crippen LogP contribution in [0.3, 0.4) is 0 Å². The molecule has 2 aromatic carbocycles. The average Bonchev–Trinajstić information content (AvgIpc) is 3.24. The number of H-pyrrole nitrogens is 1. The van der Waals surface area contributed by atoms with Crippen molar-refractivity contribution in [3.8, 4) is 0 Å². The van der Waals surface area contributed by atoms with Gasteiger partial charge in [0.15, 0.2) is 0 Å². The maximum atomic E-state index is 12.2. The van der Waals surface area contributed by atoms with Crippen LogP contribution in [0, 0.1) is 0 Å². The van der Waals surface area contributed by atoms with E-state index < -0.39 is 0 Å². The Morgan fingerprint density at radius 1 is 1.12 bits per heavy atom. The number of carbonyl (C=O) groups excluding carboxylic acids is 1. The van der Waals surface area contributed by atoms with Gasteiger partial charge in [0, 0.05) is 48.8 Å². The van der Waals surface area contributed by atoms with Crippen LogP contribution in [0.1, 0.15) is 17.5 Å². The monoisotopic (exact) mass is 333 g/mol. The van der Waals surface area contributed by atoms with E-state index in [-0.39, 0.29) is 5.91 Å². The number of nitrogens with zero attached hydrogens (tertiary/aromatic N) is 1. The molecule has 0 aliphatic carbocycles. The Morgan fingerprint density at radius 3 is 2.92 bits per heavy atom. The fourth-order valence-electron chi connectivity index (χ4n) is 3.64. The number of aromatic amines is 1. The Labute approximate surface area is 147 Å². The van der Waals surface area contributed by atoms with Gasteiger partial charge in [-0.25, -0.2) is 0 Å². The Balaban J connectivity index is 1.25. The van der Waals surface area contributed by atoms with Gasteiger partial charge in [0.25, 0.3) is 0 Å². The van der Waals surface area contributed by atoms with Crippen LogP contribution in [-0.4, -0.2) is 30.5 Å². The number of hydrogen-bond donors (Lipinski definition) is 2. The van der Waals surface area contributed by atoms with Crippen molar-refractivity contribution in [2.24, 2.45) is 0 Å². The third-order valence-corrected chi connectivity index (χ3v) is 4.98. The lowest BCUT2D eigenvalue weighted by atomic mass is 10.1. The van der Waals surface area contributed by atoms with Crippen LogP contribution in [-0.2, 0) is 17.6 Å². The van der Waals surface area contributed by atoms with Gasteiger partial charge >= 0.3 is 0 Å². The Bertz CT molecular complexity index is 883. The zero-order valence-corrected chi connectivity index (χ0v) is 14.3. The molecular weight excluding hydrogens is 310 g/mol. The molecular formula is C21H23N3O. The molecule has 0 saturated heterocycles. The summed E-state index contributed by atoms with van der Waals surface area (Å²) in [5.74, 6) is 0.129. The highest BCUT2D eigenvalue weighted by molar-refractivity contribution is 5.83. The molecule has 1 aromatic heterocycles. The summed E-state index contributed by atoms with van der Waals surface area (Å²) in [6.45, 7) is 2.48. The van der Waals surface area contributed by atoms with Crippen LogP contribution in [0.2, 0.25) is 0 Å². The van der Waals surface area contributed by atoms with Crippen LogP contribution in [0.5, 0.6) is 0 Å². The summed E-state index contributed by atoms with van der Waals surface area (Å²) in [5.41, 5.74) is 5.08. The highest BCUT2D eigenvalue weighted by atomic mass is 16.1. The minimum Gasteiger partial charge on any atom is -0.370 e. The van der Waals surface area contributed by atoms with Gasteiger partial charge in [-0.1, -0.05) is 36.4 Å². The summed E-state index contributed by atoms with van der Waals surface area (Å²) >= 11 is 0. The van der Waals surface area contributed by atoms with E-state index in [0.717, 1.165) is 31.4 Å². The summed E-state index contributed by atoms with van der Waals surface area (Å²) in [4.78, 5) is 17.8. The zero-order chi connectivity index (χ0) is 17.1. The highest BCUT2D eigenvalue weighted by Gasteiger charge is 2.18. The van der Waals surface area contributed by atoms with Crippen molar-refractivity contribution in [2.45, 2.75) is 19.3 Å². The Kier molecular flexibility index (Phi) is 4.42. The van der Waals surface area contributed by atoms with E-state index in [0.29, 0.717) is 13.0 Å². The zero-order valence-electron chi connectivity index (χ0n) is 14.3. The van der Waals surface area contributed by atoms with Gasteiger partial charge in [0.05, 0.1) is 0 Å². The molecule has 4 heteroatoms. The largest absolute Gasteiger partial charge is 0.370 e. The number of anilines is 1. The molecule has 0 spiro atoms. The van der Waals surface area contributed by atoms with Crippen molar-refractivity contribution < 1.29 is 4.79 Å². The van der Waals surface area contributed by atoms with Gasteiger partial charge < -0.3 is 15.2 Å². The molecule has 1 amide bonds. The molecule has 1 aliphatic heterocycles. The number of hydrogen-bond acceptors (Lipinski definition) is 2. The van der Waals surface area contributed by atoms with Crippen LogP contribution in [0.25, 0.3) is 10.9 Å². The molecule has 0 fully saturated rings. The smallest absolute Gasteiger partial charge is 0.221 e. The molecule has 4 rings (SSSR count). The van der Waals surface area contributed by atoms with Gasteiger partial charge in [-0.15, -0.1) is 0 Å². The first kappa shape index (κ1) is 15.8. The van der Waals surface area contributed by atoms with Crippen molar-refractivity contribution in [3.63, 3.8) is 0 Å². The molecule has 2 heterocycles. The second-order valence-electron chi connectivity index (χ2n) is 6.58. The van der Waals surface area contributed by atoms with E-state index in [2.05, 4.69) is 51.6 Å². The Hall–Kier alpha value is -2.75. The average molecular weight is 333 g/mol. The number of carbonyl (C=O) groups is 1. The van der Waals surface area contributed by atoms with Crippen molar-refractivity contribution >= 4 is 22.5 Å². The second kappa shape index (κ2) is 7.01. The highest BCUT2D eigenvalue weighted by Crippen LogP contribution is 2.27. The molecule has 3 aromatic rings. The third kappa shape index (κ3) is 3.38. The maximum absolute atomic E-state index is 12.2. The van der Waals surface area contributed by atoms with E-state index >= 15 is 0 Å². The lowest BCUT2D eigenvalue weighted by molar-refractivity contribution is -0.120. The fourth-order valence-corrected chi connectivity index (χ4v) is 3.64. The predicted octanol–water partition coefficient (Wildman–Crippen LogP) is 3.28. The topological polar surface area (TPSA) is 48.1 Å². The summed E-state index contributed by atoms with van der Waals surface area (Å²) < 4.78 is 0. The lowest BCUT2D eigenvalue weighted by Gasteiger charge is -2.18. The first-order valence-electron chi connectivity index (χ1n) is 8.96. The summed E-state index contributed by atoms with van der Waals surface area (Å²) in [6, 6.07) is 16.7. The minimum atomic E-state index is 0.129. The van der Waals surface area contributed by atoms with Crippen molar-refractivity contribution in [3.05, 3.63) is 65.9 Å². The molecule has 2 N–H and O–H groups in total. The number of para-hydroxylation sites is 2. The van der Waals surface area contributed by atoms with E-state index in [9.17, 15) is 4.79 Å². The summed E-state index contributed by atoms with van der Waals surface area (Å²) in [5, 5.41) is 4.30. The van der Waals surface area contributed by atoms with Gasteiger partial charge in [-0.2, -0.15) is 0 Å². The van der Waals surface area contributed by atoms with Gasteiger partial charge in [-0.05, 0) is 36.1 Å². The van der Waals surface area contributed by atoms with Crippen LogP contribution in [0.15, 0.2) is 54.7 Å². The minimum absolute atomic E-state index is 0.129. The van der Waals surface area contributed by atoms with Gasteiger partial charge in [0.2, 0.25) is 5.91 Å². The van der Waals surface area contributed by atoms with Crippen molar-refractivity contribution in [1.29, 1.82) is 0 Å². The van der Waals surface area contributed by atoms with E-state index in [1.165, 1.54) is 22.2 Å². The molecule has 1 aliphatic rings. The first-order chi connectivity index (χ1) is 12.3. The quantitative estimate of drug-likeness (QED) is 0.727. The number of aromatic nitrogens is 1. The fraction of sp³-hybridized carbons (Fsp3) is 0.286. The molecule has 0 radical (unpaired) electrons. The number of amides is 1. The molecule has 4 nitrogen and oxygen atoms in total. The van der Waals surface area contributed by atoms with E-state index in [4.69, 9.17) is 0 Å². The van der Waals surface area contributed by atoms with Crippen molar-refractivity contribution in [2.75, 3.05) is 24.5 Å². The number of benzene rings is 2. The number of rotatable bonds is 6. The lowest BCUT2D eigenvalue weighted by Crippen LogP contribution is -2.31. The molecule has 128 valence electrons. The molecule has 0 saturated carbocycles. The van der Waals surface area contributed by atoms with Crippen LogP contribution in [0.4, 0.5) is 5.69 Å². The van der Waals surface area contributed by atoms with Gasteiger partial charge in [0.1, 0.15) is 0 Å². The summed E-state index contributed by atoms with van der Waals surface area (Å²) in [6.07, 6.45) is 4.51. The second-order valence-corrected chi connectivity index (χ2v) is 6.58. The normalized spacial score (nSPS) is 13.2. The first-order valence-corrected chi connectivity index (χ1v) is 8.96. The number of nitrogens with one attached hydrogen (secondary N) is 2. The van der Waals surface area contributed by atoms with Crippen LogP contribution < -0.4 is 10.2 Å². The van der Waals surface area contributed by atoms with Crippen molar-refractivity contribution in [1.82, 2.24) is 10.3 Å².